The molecule has 1 aliphatic rings. The summed E-state index contributed by atoms with van der Waals surface area (Å²) < 4.78 is 0.762. The number of aryl methyl sites for hydroxylation is 1. The molecule has 1 aliphatic heterocycles. The van der Waals surface area contributed by atoms with Crippen LogP contribution in [0.2, 0.25) is 0 Å². The van der Waals surface area contributed by atoms with Crippen molar-refractivity contribution in [1.29, 1.82) is 0 Å². The summed E-state index contributed by atoms with van der Waals surface area (Å²) in [7, 11) is 0. The molecule has 0 spiro atoms. The Hall–Kier alpha value is -0.740. The van der Waals surface area contributed by atoms with Crippen molar-refractivity contribution >= 4 is 12.2 Å². The van der Waals surface area contributed by atoms with Gasteiger partial charge in [-0.25, -0.2) is 4.98 Å². The molecule has 1 aromatic heterocycles. The highest BCUT2D eigenvalue weighted by Gasteiger charge is 2.11. The number of aromatic amines is 1. The quantitative estimate of drug-likeness (QED) is 0.665. The van der Waals surface area contributed by atoms with Crippen LogP contribution in [-0.4, -0.2) is 16.5 Å². The molecule has 0 radical (unpaired) electrons. The molecule has 0 aromatic carbocycles. The van der Waals surface area contributed by atoms with Crippen LogP contribution in [0.1, 0.15) is 24.0 Å². The summed E-state index contributed by atoms with van der Waals surface area (Å²) in [5.74, 6) is 1.01. The molecule has 0 amide bonds. The summed E-state index contributed by atoms with van der Waals surface area (Å²) in [4.78, 5) is 7.66. The Balaban J connectivity index is 2.53. The van der Waals surface area contributed by atoms with Crippen LogP contribution in [0.15, 0.2) is 0 Å². The van der Waals surface area contributed by atoms with E-state index in [0.717, 1.165) is 36.4 Å². The summed E-state index contributed by atoms with van der Waals surface area (Å²) in [5, 5.41) is 3.29. The largest absolute Gasteiger partial charge is 0.347 e. The fourth-order valence-corrected chi connectivity index (χ4v) is 1.89. The SMILES string of the molecule is CCc1nc(=S)c2c([nH]1)CCNC2. The van der Waals surface area contributed by atoms with Crippen molar-refractivity contribution < 1.29 is 0 Å². The summed E-state index contributed by atoms with van der Waals surface area (Å²) >= 11 is 5.22. The maximum absolute atomic E-state index is 5.22. The summed E-state index contributed by atoms with van der Waals surface area (Å²) in [6.07, 6.45) is 1.96. The van der Waals surface area contributed by atoms with E-state index >= 15 is 0 Å². The van der Waals surface area contributed by atoms with Crippen molar-refractivity contribution in [3.63, 3.8) is 0 Å². The van der Waals surface area contributed by atoms with E-state index in [1.165, 1.54) is 11.3 Å². The van der Waals surface area contributed by atoms with Crippen LogP contribution in [0.3, 0.4) is 0 Å². The minimum Gasteiger partial charge on any atom is -0.347 e. The lowest BCUT2D eigenvalue weighted by atomic mass is 10.1. The molecular weight excluding hydrogens is 182 g/mol. The average Bonchev–Trinajstić information content (AvgIpc) is 2.18. The molecule has 0 saturated carbocycles. The smallest absolute Gasteiger partial charge is 0.134 e. The molecule has 2 heterocycles. The fraction of sp³-hybridized carbons (Fsp3) is 0.556. The van der Waals surface area contributed by atoms with Gasteiger partial charge in [-0.05, 0) is 0 Å². The topological polar surface area (TPSA) is 40.7 Å². The van der Waals surface area contributed by atoms with Crippen LogP contribution in [0.25, 0.3) is 0 Å². The molecule has 0 aliphatic carbocycles. The molecular formula is C9H13N3S. The normalized spacial score (nSPS) is 15.5. The third-order valence-electron chi connectivity index (χ3n) is 2.34. The summed E-state index contributed by atoms with van der Waals surface area (Å²) in [5.41, 5.74) is 2.45. The lowest BCUT2D eigenvalue weighted by molar-refractivity contribution is 0.618. The maximum Gasteiger partial charge on any atom is 0.134 e. The van der Waals surface area contributed by atoms with Gasteiger partial charge in [0.1, 0.15) is 10.5 Å². The first-order chi connectivity index (χ1) is 6.31. The molecule has 4 heteroatoms. The van der Waals surface area contributed by atoms with Gasteiger partial charge >= 0.3 is 0 Å². The second kappa shape index (κ2) is 3.55. The first-order valence-corrected chi connectivity index (χ1v) is 5.03. The number of nitrogens with one attached hydrogen (secondary N) is 2. The van der Waals surface area contributed by atoms with E-state index in [1.807, 2.05) is 0 Å². The van der Waals surface area contributed by atoms with E-state index < -0.39 is 0 Å². The minimum absolute atomic E-state index is 0.762. The highest BCUT2D eigenvalue weighted by Crippen LogP contribution is 2.12. The Morgan fingerprint density at radius 2 is 2.38 bits per heavy atom. The van der Waals surface area contributed by atoms with Crippen molar-refractivity contribution in [3.8, 4) is 0 Å². The van der Waals surface area contributed by atoms with E-state index in [0.29, 0.717) is 0 Å². The zero-order chi connectivity index (χ0) is 9.26. The molecule has 1 aromatic rings. The number of H-pyrrole nitrogens is 1. The molecule has 3 nitrogen and oxygen atoms in total. The predicted octanol–water partition coefficient (Wildman–Crippen LogP) is 1.35. The third-order valence-corrected chi connectivity index (χ3v) is 2.68. The monoisotopic (exact) mass is 195 g/mol. The standard InChI is InChI=1S/C9H13N3S/c1-2-8-11-7-3-4-10-5-6(7)9(13)12-8/h10H,2-5H2,1H3,(H,11,12,13). The second-order valence-corrected chi connectivity index (χ2v) is 3.61. The Bertz CT molecular complexity index is 370. The molecule has 0 unspecified atom stereocenters. The van der Waals surface area contributed by atoms with Crippen LogP contribution in [-0.2, 0) is 19.4 Å². The number of nitrogens with zero attached hydrogens (tertiary/aromatic N) is 1. The van der Waals surface area contributed by atoms with Gasteiger partial charge in [-0.3, -0.25) is 0 Å². The van der Waals surface area contributed by atoms with Gasteiger partial charge < -0.3 is 10.3 Å². The highest BCUT2D eigenvalue weighted by atomic mass is 32.1. The number of aromatic nitrogens is 2. The maximum atomic E-state index is 5.22. The van der Waals surface area contributed by atoms with E-state index in [-0.39, 0.29) is 0 Å². The zero-order valence-corrected chi connectivity index (χ0v) is 8.50. The van der Waals surface area contributed by atoms with Gasteiger partial charge in [0.2, 0.25) is 0 Å². The molecule has 0 atom stereocenters. The zero-order valence-electron chi connectivity index (χ0n) is 7.68. The first kappa shape index (κ1) is 8.84. The van der Waals surface area contributed by atoms with Crippen LogP contribution in [0.5, 0.6) is 0 Å². The van der Waals surface area contributed by atoms with Crippen molar-refractivity contribution in [3.05, 3.63) is 21.7 Å². The number of fused-ring (bicyclic) bond motifs is 1. The van der Waals surface area contributed by atoms with E-state index in [9.17, 15) is 0 Å². The number of rotatable bonds is 1. The second-order valence-electron chi connectivity index (χ2n) is 3.23. The molecule has 0 bridgehead atoms. The Kier molecular flexibility index (Phi) is 2.42. The Morgan fingerprint density at radius 1 is 1.54 bits per heavy atom. The molecule has 2 rings (SSSR count). The Labute approximate surface area is 82.6 Å². The fourth-order valence-electron chi connectivity index (χ4n) is 1.59. The third kappa shape index (κ3) is 1.64. The summed E-state index contributed by atoms with van der Waals surface area (Å²) in [6, 6.07) is 0. The van der Waals surface area contributed by atoms with Crippen LogP contribution < -0.4 is 5.32 Å². The summed E-state index contributed by atoms with van der Waals surface area (Å²) in [6.45, 7) is 3.98. The minimum atomic E-state index is 0.762. The van der Waals surface area contributed by atoms with Crippen LogP contribution >= 0.6 is 12.2 Å². The number of hydrogen-bond acceptors (Lipinski definition) is 3. The van der Waals surface area contributed by atoms with Gasteiger partial charge in [-0.1, -0.05) is 19.1 Å². The van der Waals surface area contributed by atoms with Gasteiger partial charge in [0.05, 0.1) is 0 Å². The lowest BCUT2D eigenvalue weighted by Crippen LogP contribution is -2.25. The van der Waals surface area contributed by atoms with Crippen molar-refractivity contribution in [2.45, 2.75) is 26.3 Å². The molecule has 2 N–H and O–H groups in total. The van der Waals surface area contributed by atoms with Crippen LogP contribution in [0, 0.1) is 4.64 Å². The first-order valence-electron chi connectivity index (χ1n) is 4.63. The average molecular weight is 195 g/mol. The molecule has 70 valence electrons. The lowest BCUT2D eigenvalue weighted by Gasteiger charge is -2.17. The van der Waals surface area contributed by atoms with Crippen molar-refractivity contribution in [2.24, 2.45) is 0 Å². The van der Waals surface area contributed by atoms with Gasteiger partial charge in [0, 0.05) is 37.2 Å². The molecule has 0 saturated heterocycles. The molecule has 13 heavy (non-hydrogen) atoms. The predicted molar refractivity (Wildman–Crippen MR) is 54.2 cm³/mol. The van der Waals surface area contributed by atoms with Gasteiger partial charge in [-0.2, -0.15) is 0 Å². The Morgan fingerprint density at radius 3 is 3.15 bits per heavy atom. The van der Waals surface area contributed by atoms with E-state index in [2.05, 4.69) is 22.2 Å². The van der Waals surface area contributed by atoms with Gasteiger partial charge in [0.15, 0.2) is 0 Å². The molecule has 0 fully saturated rings. The van der Waals surface area contributed by atoms with Gasteiger partial charge in [0.25, 0.3) is 0 Å². The van der Waals surface area contributed by atoms with Crippen LogP contribution in [0.4, 0.5) is 0 Å². The van der Waals surface area contributed by atoms with E-state index in [1.54, 1.807) is 0 Å². The van der Waals surface area contributed by atoms with E-state index in [4.69, 9.17) is 12.2 Å². The van der Waals surface area contributed by atoms with Gasteiger partial charge in [-0.15, -0.1) is 0 Å². The number of hydrogen-bond donors (Lipinski definition) is 2. The van der Waals surface area contributed by atoms with Crippen molar-refractivity contribution in [2.75, 3.05) is 6.54 Å². The highest BCUT2D eigenvalue weighted by molar-refractivity contribution is 7.71. The van der Waals surface area contributed by atoms with Crippen molar-refractivity contribution in [1.82, 2.24) is 15.3 Å².